The van der Waals surface area contributed by atoms with Crippen molar-refractivity contribution < 1.29 is 14.1 Å². The van der Waals surface area contributed by atoms with Crippen LogP contribution in [0.4, 0.5) is 0 Å². The Hall–Kier alpha value is -2.58. The molecule has 8 nitrogen and oxygen atoms in total. The maximum atomic E-state index is 5.99. The van der Waals surface area contributed by atoms with Gasteiger partial charge in [0.05, 0.1) is 18.8 Å². The van der Waals surface area contributed by atoms with Crippen molar-refractivity contribution in [3.63, 3.8) is 0 Å². The van der Waals surface area contributed by atoms with Crippen LogP contribution in [-0.2, 0) is 17.9 Å². The van der Waals surface area contributed by atoms with Crippen molar-refractivity contribution in [2.24, 2.45) is 10.9 Å². The minimum absolute atomic E-state index is 0.480. The summed E-state index contributed by atoms with van der Waals surface area (Å²) in [6.07, 6.45) is 1.74. The molecule has 0 radical (unpaired) electrons. The molecule has 31 heavy (non-hydrogen) atoms. The summed E-state index contributed by atoms with van der Waals surface area (Å²) in [5.74, 6) is 2.92. The number of rotatable bonds is 7. The van der Waals surface area contributed by atoms with Gasteiger partial charge < -0.3 is 19.1 Å². The van der Waals surface area contributed by atoms with Crippen LogP contribution in [0.15, 0.2) is 39.8 Å². The van der Waals surface area contributed by atoms with Gasteiger partial charge in [0.2, 0.25) is 5.96 Å². The Morgan fingerprint density at radius 1 is 1.19 bits per heavy atom. The smallest absolute Gasteiger partial charge is 0.222 e. The third-order valence-electron chi connectivity index (χ3n) is 5.61. The lowest BCUT2D eigenvalue weighted by Crippen LogP contribution is -2.43. The highest BCUT2D eigenvalue weighted by atomic mass is 16.7. The van der Waals surface area contributed by atoms with Crippen LogP contribution in [0.3, 0.4) is 0 Å². The predicted octanol–water partition coefficient (Wildman–Crippen LogP) is 3.33. The van der Waals surface area contributed by atoms with E-state index in [9.17, 15) is 0 Å². The second-order valence-electron chi connectivity index (χ2n) is 9.03. The molecule has 0 aliphatic carbocycles. The first kappa shape index (κ1) is 21.6. The number of likely N-dealkylation sites (tertiary alicyclic amines) is 1. The Kier molecular flexibility index (Phi) is 6.48. The lowest BCUT2D eigenvalue weighted by molar-refractivity contribution is -0.0875. The molecule has 2 aromatic rings. The number of aryl methyl sites for hydroxylation is 1. The summed E-state index contributed by atoms with van der Waals surface area (Å²) in [6.45, 7) is 10.1. The fraction of sp³-hybridized carbons (Fsp3) is 0.565. The molecule has 8 heteroatoms. The molecule has 1 fully saturated rings. The van der Waals surface area contributed by atoms with Crippen LogP contribution in [-0.4, -0.2) is 53.4 Å². The normalized spacial score (nSPS) is 18.3. The minimum atomic E-state index is -0.480. The number of benzene rings is 1. The molecule has 3 heterocycles. The molecule has 2 aliphatic rings. The first-order valence-electron chi connectivity index (χ1n) is 11.0. The molecule has 0 saturated carbocycles. The molecule has 1 saturated heterocycles. The Morgan fingerprint density at radius 3 is 2.58 bits per heavy atom. The molecule has 0 amide bonds. The molecule has 168 valence electrons. The molecule has 4 rings (SSSR count). The monoisotopic (exact) mass is 427 g/mol. The number of ether oxygens (including phenoxy) is 1. The SMILES string of the molecule is Cc1cc(CN(Cc2ccc(OCC(C)C)cc2)C2=NC3(CCN(C)CC3)ON2)on1. The van der Waals surface area contributed by atoms with Crippen molar-refractivity contribution in [3.8, 4) is 5.75 Å². The van der Waals surface area contributed by atoms with Gasteiger partial charge in [0.1, 0.15) is 5.75 Å². The van der Waals surface area contributed by atoms with E-state index in [0.717, 1.165) is 54.7 Å². The van der Waals surface area contributed by atoms with Crippen molar-refractivity contribution in [2.45, 2.75) is 52.4 Å². The van der Waals surface area contributed by atoms with Crippen LogP contribution < -0.4 is 10.2 Å². The van der Waals surface area contributed by atoms with Gasteiger partial charge in [-0.3, -0.25) is 0 Å². The van der Waals surface area contributed by atoms with Gasteiger partial charge in [0.25, 0.3) is 0 Å². The number of aliphatic imine (C=N–C) groups is 1. The van der Waals surface area contributed by atoms with Crippen molar-refractivity contribution in [1.29, 1.82) is 0 Å². The van der Waals surface area contributed by atoms with E-state index in [2.05, 4.69) is 53.5 Å². The van der Waals surface area contributed by atoms with Crippen molar-refractivity contribution >= 4 is 5.96 Å². The Labute approximate surface area is 184 Å². The van der Waals surface area contributed by atoms with Gasteiger partial charge in [-0.2, -0.15) is 0 Å². The zero-order valence-corrected chi connectivity index (χ0v) is 18.9. The van der Waals surface area contributed by atoms with Gasteiger partial charge in [-0.15, -0.1) is 0 Å². The number of nitrogens with one attached hydrogen (secondary N) is 1. The van der Waals surface area contributed by atoms with E-state index in [1.54, 1.807) is 0 Å². The molecular weight excluding hydrogens is 394 g/mol. The van der Waals surface area contributed by atoms with Crippen LogP contribution in [0.1, 0.15) is 43.7 Å². The molecule has 1 aromatic carbocycles. The van der Waals surface area contributed by atoms with E-state index < -0.39 is 5.72 Å². The van der Waals surface area contributed by atoms with E-state index in [-0.39, 0.29) is 0 Å². The second-order valence-corrected chi connectivity index (χ2v) is 9.03. The van der Waals surface area contributed by atoms with Gasteiger partial charge >= 0.3 is 0 Å². The van der Waals surface area contributed by atoms with E-state index in [0.29, 0.717) is 25.6 Å². The zero-order valence-electron chi connectivity index (χ0n) is 18.9. The van der Waals surface area contributed by atoms with E-state index in [1.807, 2.05) is 25.1 Å². The average Bonchev–Trinajstić information content (AvgIpc) is 3.36. The van der Waals surface area contributed by atoms with E-state index in [4.69, 9.17) is 19.1 Å². The Bertz CT molecular complexity index is 885. The number of hydrogen-bond acceptors (Lipinski definition) is 8. The molecule has 0 atom stereocenters. The number of aromatic nitrogens is 1. The summed E-state index contributed by atoms with van der Waals surface area (Å²) in [5.41, 5.74) is 4.64. The maximum Gasteiger partial charge on any atom is 0.222 e. The zero-order chi connectivity index (χ0) is 21.8. The minimum Gasteiger partial charge on any atom is -0.493 e. The van der Waals surface area contributed by atoms with Crippen LogP contribution in [0.2, 0.25) is 0 Å². The Balaban J connectivity index is 1.49. The summed E-state index contributed by atoms with van der Waals surface area (Å²) in [6, 6.07) is 10.2. The number of piperidine rings is 1. The summed E-state index contributed by atoms with van der Waals surface area (Å²) < 4.78 is 11.3. The van der Waals surface area contributed by atoms with Gasteiger partial charge in [-0.25, -0.2) is 15.3 Å². The topological polar surface area (TPSA) is 75.4 Å². The highest BCUT2D eigenvalue weighted by molar-refractivity contribution is 5.80. The summed E-state index contributed by atoms with van der Waals surface area (Å²) in [4.78, 5) is 15.4. The molecule has 1 N–H and O–H groups in total. The highest BCUT2D eigenvalue weighted by Gasteiger charge is 2.40. The molecule has 1 spiro atoms. The standard InChI is InChI=1S/C23H33N5O3/c1-17(2)16-29-20-7-5-19(6-8-20)14-28(15-21-13-18(3)25-30-21)22-24-23(31-26-22)9-11-27(4)12-10-23/h5-8,13,17H,9-12,14-16H2,1-4H3,(H,24,26). The first-order valence-corrected chi connectivity index (χ1v) is 11.0. The van der Waals surface area contributed by atoms with E-state index in [1.165, 1.54) is 0 Å². The summed E-state index contributed by atoms with van der Waals surface area (Å²) >= 11 is 0. The molecule has 0 bridgehead atoms. The number of nitrogens with zero attached hydrogens (tertiary/aromatic N) is 4. The van der Waals surface area contributed by atoms with Gasteiger partial charge in [0.15, 0.2) is 11.5 Å². The maximum absolute atomic E-state index is 5.99. The largest absolute Gasteiger partial charge is 0.493 e. The average molecular weight is 428 g/mol. The van der Waals surface area contributed by atoms with Gasteiger partial charge in [-0.1, -0.05) is 31.1 Å². The first-order chi connectivity index (χ1) is 14.9. The van der Waals surface area contributed by atoms with Gasteiger partial charge in [-0.05, 0) is 37.6 Å². The quantitative estimate of drug-likeness (QED) is 0.726. The number of guanidine groups is 1. The molecular formula is C23H33N5O3. The Morgan fingerprint density at radius 2 is 1.94 bits per heavy atom. The fourth-order valence-corrected chi connectivity index (χ4v) is 3.76. The number of hydrogen-bond donors (Lipinski definition) is 1. The highest BCUT2D eigenvalue weighted by Crippen LogP contribution is 2.30. The third kappa shape index (κ3) is 5.57. The van der Waals surface area contributed by atoms with Crippen LogP contribution >= 0.6 is 0 Å². The molecule has 1 aromatic heterocycles. The van der Waals surface area contributed by atoms with Crippen LogP contribution in [0.5, 0.6) is 5.75 Å². The summed E-state index contributed by atoms with van der Waals surface area (Å²) in [7, 11) is 2.13. The lowest BCUT2D eigenvalue weighted by atomic mass is 10.0. The molecule has 0 unspecified atom stereocenters. The predicted molar refractivity (Wildman–Crippen MR) is 118 cm³/mol. The van der Waals surface area contributed by atoms with Crippen molar-refractivity contribution in [2.75, 3.05) is 26.7 Å². The van der Waals surface area contributed by atoms with Crippen molar-refractivity contribution in [3.05, 3.63) is 47.3 Å². The number of hydroxylamine groups is 1. The van der Waals surface area contributed by atoms with Crippen LogP contribution in [0.25, 0.3) is 0 Å². The fourth-order valence-electron chi connectivity index (χ4n) is 3.76. The van der Waals surface area contributed by atoms with Crippen LogP contribution in [0, 0.1) is 12.8 Å². The molecule has 2 aliphatic heterocycles. The second kappa shape index (κ2) is 9.28. The summed E-state index contributed by atoms with van der Waals surface area (Å²) in [5, 5.41) is 4.03. The lowest BCUT2D eigenvalue weighted by Gasteiger charge is -2.33. The third-order valence-corrected chi connectivity index (χ3v) is 5.61. The van der Waals surface area contributed by atoms with Crippen molar-refractivity contribution in [1.82, 2.24) is 20.4 Å². The van der Waals surface area contributed by atoms with Gasteiger partial charge in [0, 0.05) is 38.5 Å². The van der Waals surface area contributed by atoms with E-state index >= 15 is 0 Å².